The second kappa shape index (κ2) is 12.5. The fourth-order valence-corrected chi connectivity index (χ4v) is 8.07. The van der Waals surface area contributed by atoms with Gasteiger partial charge in [0, 0.05) is 33.0 Å². The van der Waals surface area contributed by atoms with E-state index < -0.39 is 0 Å². The van der Waals surface area contributed by atoms with E-state index in [1.54, 1.807) is 0 Å². The number of fused-ring (bicyclic) bond motifs is 5. The molecule has 0 radical (unpaired) electrons. The lowest BCUT2D eigenvalue weighted by Crippen LogP contribution is -2.12. The van der Waals surface area contributed by atoms with Crippen molar-refractivity contribution in [2.45, 2.75) is 0 Å². The molecule has 0 fully saturated rings. The molecule has 0 N–H and O–H groups in total. The molecule has 10 aromatic rings. The summed E-state index contributed by atoms with van der Waals surface area (Å²) in [6.45, 7) is 0. The van der Waals surface area contributed by atoms with E-state index in [0.29, 0.717) is 0 Å². The minimum absolute atomic E-state index is 1.10. The van der Waals surface area contributed by atoms with Crippen molar-refractivity contribution in [1.29, 1.82) is 0 Å². The van der Waals surface area contributed by atoms with Gasteiger partial charge in [-0.05, 0) is 69.8 Å². The molecule has 1 aromatic heterocycles. The Morgan fingerprint density at radius 3 is 1.65 bits per heavy atom. The van der Waals surface area contributed by atoms with E-state index >= 15 is 0 Å². The molecule has 244 valence electrons. The largest absolute Gasteiger partial charge is 0.309 e. The fourth-order valence-electron chi connectivity index (χ4n) is 8.07. The minimum atomic E-state index is 1.10. The number of aromatic nitrogens is 1. The van der Waals surface area contributed by atoms with Gasteiger partial charge in [-0.1, -0.05) is 164 Å². The quantitative estimate of drug-likeness (QED) is 0.172. The summed E-state index contributed by atoms with van der Waals surface area (Å²) in [5, 5.41) is 7.36. The van der Waals surface area contributed by atoms with Gasteiger partial charge in [-0.25, -0.2) is 0 Å². The zero-order valence-corrected chi connectivity index (χ0v) is 28.5. The summed E-state index contributed by atoms with van der Waals surface area (Å²) in [4.78, 5) is 2.44. The predicted octanol–water partition coefficient (Wildman–Crippen LogP) is 13.9. The molecule has 2 nitrogen and oxygen atoms in total. The summed E-state index contributed by atoms with van der Waals surface area (Å²) in [7, 11) is 0. The van der Waals surface area contributed by atoms with Crippen LogP contribution in [0.5, 0.6) is 0 Å². The second-order valence-electron chi connectivity index (χ2n) is 13.3. The molecule has 0 spiro atoms. The molecule has 0 atom stereocenters. The predicted molar refractivity (Wildman–Crippen MR) is 221 cm³/mol. The molecule has 0 amide bonds. The van der Waals surface area contributed by atoms with E-state index in [2.05, 4.69) is 216 Å². The first-order chi connectivity index (χ1) is 25.8. The first-order valence-electron chi connectivity index (χ1n) is 17.9. The Balaban J connectivity index is 1.26. The molecule has 0 aliphatic rings. The molecule has 52 heavy (non-hydrogen) atoms. The van der Waals surface area contributed by atoms with Gasteiger partial charge in [0.1, 0.15) is 0 Å². The number of nitrogens with zero attached hydrogens (tertiary/aromatic N) is 2. The highest BCUT2D eigenvalue weighted by Crippen LogP contribution is 2.46. The molecular formula is C50H34N2. The topological polar surface area (TPSA) is 8.17 Å². The first kappa shape index (κ1) is 30.0. The van der Waals surface area contributed by atoms with Gasteiger partial charge in [0.05, 0.1) is 28.1 Å². The highest BCUT2D eigenvalue weighted by molar-refractivity contribution is 6.11. The maximum Gasteiger partial charge on any atom is 0.0547 e. The van der Waals surface area contributed by atoms with Gasteiger partial charge in [0.25, 0.3) is 0 Å². The van der Waals surface area contributed by atoms with E-state index in [0.717, 1.165) is 28.3 Å². The lowest BCUT2D eigenvalue weighted by molar-refractivity contribution is 1.19. The molecule has 0 bridgehead atoms. The van der Waals surface area contributed by atoms with Gasteiger partial charge in [-0.15, -0.1) is 0 Å². The molecule has 0 saturated heterocycles. The Hall–Kier alpha value is -6.90. The first-order valence-corrected chi connectivity index (χ1v) is 17.9. The average Bonchev–Trinajstić information content (AvgIpc) is 3.55. The van der Waals surface area contributed by atoms with Gasteiger partial charge in [0.2, 0.25) is 0 Å². The monoisotopic (exact) mass is 662 g/mol. The van der Waals surface area contributed by atoms with Crippen molar-refractivity contribution in [3.63, 3.8) is 0 Å². The third kappa shape index (κ3) is 4.88. The van der Waals surface area contributed by atoms with Crippen LogP contribution < -0.4 is 4.90 Å². The van der Waals surface area contributed by atoms with Crippen molar-refractivity contribution in [3.8, 4) is 27.9 Å². The van der Waals surface area contributed by atoms with Crippen LogP contribution in [0.3, 0.4) is 0 Å². The number of benzene rings is 9. The molecule has 10 rings (SSSR count). The highest BCUT2D eigenvalue weighted by Gasteiger charge is 2.22. The summed E-state index contributed by atoms with van der Waals surface area (Å²) in [6, 6.07) is 74.8. The normalized spacial score (nSPS) is 11.5. The third-order valence-electron chi connectivity index (χ3n) is 10.4. The van der Waals surface area contributed by atoms with Crippen LogP contribution in [0.2, 0.25) is 0 Å². The Kier molecular flexibility index (Phi) is 7.18. The molecule has 0 unspecified atom stereocenters. The van der Waals surface area contributed by atoms with E-state index in [9.17, 15) is 0 Å². The van der Waals surface area contributed by atoms with E-state index in [-0.39, 0.29) is 0 Å². The molecule has 1 heterocycles. The lowest BCUT2D eigenvalue weighted by Gasteiger charge is -2.29. The molecule has 0 aliphatic heterocycles. The van der Waals surface area contributed by atoms with E-state index in [1.165, 1.54) is 60.0 Å². The van der Waals surface area contributed by atoms with Crippen LogP contribution in [-0.4, -0.2) is 4.57 Å². The summed E-state index contributed by atoms with van der Waals surface area (Å²) in [5.74, 6) is 0. The number of para-hydroxylation sites is 3. The van der Waals surface area contributed by atoms with Gasteiger partial charge < -0.3 is 9.47 Å². The van der Waals surface area contributed by atoms with Crippen LogP contribution in [0, 0.1) is 0 Å². The Morgan fingerprint density at radius 2 is 0.885 bits per heavy atom. The lowest BCUT2D eigenvalue weighted by atomic mass is 9.95. The molecule has 9 aromatic carbocycles. The maximum atomic E-state index is 2.45. The standard InChI is InChI=1S/C50H34N2/c1-2-16-35(17-3-1)40-24-8-11-28-45(40)51(46-31-15-20-36-18-4-6-23-41(36)46)39-22-14-21-38(34-39)50-42-25-7-5-19-37(42)32-33-49(50)52-47-29-12-9-26-43(47)44-27-10-13-30-48(44)52/h1-34H. The van der Waals surface area contributed by atoms with Crippen molar-refractivity contribution in [1.82, 2.24) is 4.57 Å². The Labute approximate surface area is 303 Å². The number of rotatable bonds is 6. The molecule has 0 aliphatic carbocycles. The van der Waals surface area contributed by atoms with Crippen LogP contribution in [-0.2, 0) is 0 Å². The van der Waals surface area contributed by atoms with Crippen molar-refractivity contribution in [2.75, 3.05) is 4.90 Å². The minimum Gasteiger partial charge on any atom is -0.309 e. The highest BCUT2D eigenvalue weighted by atomic mass is 15.1. The SMILES string of the molecule is c1ccc(-c2ccccc2N(c2cccc(-c3c(-n4c5ccccc5c5ccccc54)ccc4ccccc34)c2)c2cccc3ccccc23)cc1. The summed E-state index contributed by atoms with van der Waals surface area (Å²) >= 11 is 0. The molecular weight excluding hydrogens is 629 g/mol. The van der Waals surface area contributed by atoms with Crippen LogP contribution in [0.25, 0.3) is 71.3 Å². The van der Waals surface area contributed by atoms with Gasteiger partial charge in [-0.2, -0.15) is 0 Å². The zero-order valence-electron chi connectivity index (χ0n) is 28.5. The molecule has 2 heteroatoms. The van der Waals surface area contributed by atoms with Crippen LogP contribution in [0.4, 0.5) is 17.1 Å². The van der Waals surface area contributed by atoms with E-state index in [1.807, 2.05) is 0 Å². The van der Waals surface area contributed by atoms with Crippen LogP contribution >= 0.6 is 0 Å². The Bertz CT molecular complexity index is 2860. The van der Waals surface area contributed by atoms with Crippen LogP contribution in [0.15, 0.2) is 206 Å². The third-order valence-corrected chi connectivity index (χ3v) is 10.4. The molecule has 0 saturated carbocycles. The van der Waals surface area contributed by atoms with Crippen LogP contribution in [0.1, 0.15) is 0 Å². The van der Waals surface area contributed by atoms with Gasteiger partial charge in [0.15, 0.2) is 0 Å². The maximum absolute atomic E-state index is 2.45. The number of anilines is 3. The average molecular weight is 663 g/mol. The fraction of sp³-hybridized carbons (Fsp3) is 0. The van der Waals surface area contributed by atoms with Crippen molar-refractivity contribution < 1.29 is 0 Å². The van der Waals surface area contributed by atoms with Crippen molar-refractivity contribution >= 4 is 60.4 Å². The Morgan fingerprint density at radius 1 is 0.346 bits per heavy atom. The zero-order chi connectivity index (χ0) is 34.4. The smallest absolute Gasteiger partial charge is 0.0547 e. The number of hydrogen-bond acceptors (Lipinski definition) is 1. The van der Waals surface area contributed by atoms with Gasteiger partial charge >= 0.3 is 0 Å². The number of hydrogen-bond donors (Lipinski definition) is 0. The van der Waals surface area contributed by atoms with Crippen molar-refractivity contribution in [3.05, 3.63) is 206 Å². The van der Waals surface area contributed by atoms with Crippen molar-refractivity contribution in [2.24, 2.45) is 0 Å². The van der Waals surface area contributed by atoms with E-state index in [4.69, 9.17) is 0 Å². The summed E-state index contributed by atoms with van der Waals surface area (Å²) in [6.07, 6.45) is 0. The second-order valence-corrected chi connectivity index (χ2v) is 13.3. The summed E-state index contributed by atoms with van der Waals surface area (Å²) in [5.41, 5.74) is 11.7. The summed E-state index contributed by atoms with van der Waals surface area (Å²) < 4.78 is 2.45. The van der Waals surface area contributed by atoms with Gasteiger partial charge in [-0.3, -0.25) is 0 Å².